The summed E-state index contributed by atoms with van der Waals surface area (Å²) in [5, 5.41) is 10.0. The summed E-state index contributed by atoms with van der Waals surface area (Å²) in [5.41, 5.74) is 7.58. The molecule has 2 aromatic rings. The Bertz CT molecular complexity index is 1180. The van der Waals surface area contributed by atoms with Gasteiger partial charge in [-0.15, -0.1) is 0 Å². The van der Waals surface area contributed by atoms with E-state index < -0.39 is 35.6 Å². The number of nitrogens with two attached hydrogens (primary N) is 1. The maximum Gasteiger partial charge on any atom is 0.318 e. The predicted octanol–water partition coefficient (Wildman–Crippen LogP) is 2.88. The molecule has 1 fully saturated rings. The first-order chi connectivity index (χ1) is 17.6. The van der Waals surface area contributed by atoms with Crippen molar-refractivity contribution in [2.75, 3.05) is 40.8 Å². The number of rotatable bonds is 10. The van der Waals surface area contributed by atoms with Gasteiger partial charge in [0.25, 0.3) is 0 Å². The molecule has 1 aromatic heterocycles. The van der Waals surface area contributed by atoms with Crippen molar-refractivity contribution in [3.63, 3.8) is 0 Å². The van der Waals surface area contributed by atoms with Crippen LogP contribution in [0.3, 0.4) is 0 Å². The van der Waals surface area contributed by atoms with Crippen LogP contribution < -0.4 is 15.8 Å². The van der Waals surface area contributed by atoms with Gasteiger partial charge in [0.1, 0.15) is 17.7 Å². The van der Waals surface area contributed by atoms with Gasteiger partial charge in [0.05, 0.1) is 36.7 Å². The van der Waals surface area contributed by atoms with Gasteiger partial charge in [-0.05, 0) is 38.0 Å². The van der Waals surface area contributed by atoms with E-state index in [1.165, 1.54) is 17.2 Å². The van der Waals surface area contributed by atoms with Gasteiger partial charge in [-0.1, -0.05) is 0 Å². The molecule has 0 saturated carbocycles. The number of amides is 2. The van der Waals surface area contributed by atoms with E-state index in [1.54, 1.807) is 7.05 Å². The number of hydrogen-bond acceptors (Lipinski definition) is 7. The lowest BCUT2D eigenvalue weighted by atomic mass is 10.0. The van der Waals surface area contributed by atoms with Crippen molar-refractivity contribution in [2.45, 2.75) is 18.6 Å². The molecule has 12 heteroatoms. The molecule has 1 aromatic carbocycles. The maximum absolute atomic E-state index is 14.5. The Kier molecular flexibility index (Phi) is 9.23. The van der Waals surface area contributed by atoms with Gasteiger partial charge in [0, 0.05) is 43.9 Å². The third kappa shape index (κ3) is 7.06. The van der Waals surface area contributed by atoms with Gasteiger partial charge in [-0.3, -0.25) is 9.98 Å². The minimum atomic E-state index is -0.783. The summed E-state index contributed by atoms with van der Waals surface area (Å²) in [5.74, 6) is -2.24. The van der Waals surface area contributed by atoms with Gasteiger partial charge in [-0.25, -0.2) is 18.0 Å². The Balaban J connectivity index is 1.64. The molecule has 0 spiro atoms. The van der Waals surface area contributed by atoms with Crippen LogP contribution in [0.4, 0.5) is 18.0 Å². The number of nitrogens with one attached hydrogen (secondary N) is 2. The monoisotopic (exact) mass is 517 g/mol. The number of hydrogen-bond donors (Lipinski definition) is 3. The molecule has 2 heterocycles. The predicted molar refractivity (Wildman–Crippen MR) is 135 cm³/mol. The zero-order valence-corrected chi connectivity index (χ0v) is 20.8. The topological polar surface area (TPSA) is 120 Å². The number of carbonyl (C=O) groups excluding carboxylic acids is 1. The van der Waals surface area contributed by atoms with E-state index in [0.717, 1.165) is 30.6 Å². The third-order valence-corrected chi connectivity index (χ3v) is 5.65. The number of aliphatic imine (C=N–C) groups is 1. The average Bonchev–Trinajstić information content (AvgIpc) is 2.81. The summed E-state index contributed by atoms with van der Waals surface area (Å²) in [6, 6.07) is 3.13. The number of ether oxygens (including phenoxy) is 1. The van der Waals surface area contributed by atoms with Gasteiger partial charge in [0.2, 0.25) is 0 Å². The largest absolute Gasteiger partial charge is 0.483 e. The van der Waals surface area contributed by atoms with Crippen molar-refractivity contribution in [1.29, 1.82) is 5.41 Å². The second-order valence-corrected chi connectivity index (χ2v) is 8.79. The minimum absolute atomic E-state index is 0.0330. The summed E-state index contributed by atoms with van der Waals surface area (Å²) in [7, 11) is 5.35. The Hall–Kier alpha value is -3.93. The minimum Gasteiger partial charge on any atom is -0.483 e. The van der Waals surface area contributed by atoms with E-state index in [0.29, 0.717) is 23.5 Å². The van der Waals surface area contributed by atoms with Crippen LogP contribution in [0.25, 0.3) is 0 Å². The Morgan fingerprint density at radius 2 is 1.97 bits per heavy atom. The number of benzene rings is 1. The SMILES string of the molecule is CN=C(C(=CN)CN(C)C)c1cc(OC2CN(C(=O)NC(CC=N)c3cc(F)cc(F)c3)C2)c(F)cn1. The van der Waals surface area contributed by atoms with Crippen LogP contribution >= 0.6 is 0 Å². The zero-order valence-electron chi connectivity index (χ0n) is 20.8. The molecule has 1 atom stereocenters. The molecule has 9 nitrogen and oxygen atoms in total. The van der Waals surface area contributed by atoms with Gasteiger partial charge in [-0.2, -0.15) is 0 Å². The standard InChI is InChI=1S/C25H30F3N7O2/c1-31-24(16(10-30)12-34(2)3)22-9-23(20(28)11-32-22)37-19-13-35(14-19)25(36)33-21(4-5-29)15-6-17(26)8-18(27)7-15/h5-11,19,21,29H,4,12-14,30H2,1-3H3,(H,33,36). The molecular formula is C25H30F3N7O2. The van der Waals surface area contributed by atoms with Crippen LogP contribution in [0, 0.1) is 22.9 Å². The Morgan fingerprint density at radius 1 is 1.30 bits per heavy atom. The van der Waals surface area contributed by atoms with Crippen LogP contribution in [0.5, 0.6) is 5.75 Å². The molecule has 37 heavy (non-hydrogen) atoms. The number of nitrogens with zero attached hydrogens (tertiary/aromatic N) is 4. The summed E-state index contributed by atoms with van der Waals surface area (Å²) in [6.07, 6.45) is 3.11. The van der Waals surface area contributed by atoms with Gasteiger partial charge < -0.3 is 31.0 Å². The molecule has 1 aliphatic heterocycles. The molecule has 0 bridgehead atoms. The molecule has 2 amide bonds. The first-order valence-electron chi connectivity index (χ1n) is 11.5. The van der Waals surface area contributed by atoms with Crippen LogP contribution in [-0.2, 0) is 0 Å². The number of likely N-dealkylation sites (N-methyl/N-ethyl adjacent to an activating group) is 1. The van der Waals surface area contributed by atoms with E-state index in [2.05, 4.69) is 15.3 Å². The Labute approximate surface area is 213 Å². The van der Waals surface area contributed by atoms with Gasteiger partial charge >= 0.3 is 6.03 Å². The van der Waals surface area contributed by atoms with E-state index in [-0.39, 0.29) is 30.8 Å². The highest BCUT2D eigenvalue weighted by Crippen LogP contribution is 2.25. The summed E-state index contributed by atoms with van der Waals surface area (Å²) < 4.78 is 47.5. The summed E-state index contributed by atoms with van der Waals surface area (Å²) in [6.45, 7) is 0.842. The molecule has 1 saturated heterocycles. The first kappa shape index (κ1) is 27.7. The highest BCUT2D eigenvalue weighted by atomic mass is 19.1. The van der Waals surface area contributed by atoms with E-state index in [1.807, 2.05) is 19.0 Å². The molecule has 0 aliphatic carbocycles. The van der Waals surface area contributed by atoms with E-state index >= 15 is 0 Å². The van der Waals surface area contributed by atoms with Gasteiger partial charge in [0.15, 0.2) is 11.6 Å². The number of carbonyl (C=O) groups is 1. The molecule has 3 rings (SSSR count). The van der Waals surface area contributed by atoms with Crippen LogP contribution in [-0.4, -0.2) is 79.6 Å². The van der Waals surface area contributed by atoms with Crippen molar-refractivity contribution >= 4 is 18.0 Å². The van der Waals surface area contributed by atoms with E-state index in [4.69, 9.17) is 15.9 Å². The highest BCUT2D eigenvalue weighted by Gasteiger charge is 2.34. The van der Waals surface area contributed by atoms with Crippen LogP contribution in [0.1, 0.15) is 23.7 Å². The third-order valence-electron chi connectivity index (χ3n) is 5.65. The molecule has 1 aliphatic rings. The quantitative estimate of drug-likeness (QED) is 0.419. The average molecular weight is 518 g/mol. The second kappa shape index (κ2) is 12.3. The molecule has 1 unspecified atom stereocenters. The molecular weight excluding hydrogens is 487 g/mol. The number of aromatic nitrogens is 1. The number of likely N-dealkylation sites (tertiary alicyclic amines) is 1. The number of pyridine rings is 1. The van der Waals surface area contributed by atoms with Crippen molar-refractivity contribution in [1.82, 2.24) is 20.1 Å². The number of urea groups is 1. The number of halogens is 3. The molecule has 0 radical (unpaired) electrons. The fraction of sp³-hybridized carbons (Fsp3) is 0.360. The fourth-order valence-electron chi connectivity index (χ4n) is 3.88. The van der Waals surface area contributed by atoms with Crippen molar-refractivity contribution in [2.24, 2.45) is 10.7 Å². The van der Waals surface area contributed by atoms with Crippen LogP contribution in [0.15, 0.2) is 47.2 Å². The second-order valence-electron chi connectivity index (χ2n) is 8.79. The lowest BCUT2D eigenvalue weighted by Crippen LogP contribution is -2.59. The first-order valence-corrected chi connectivity index (χ1v) is 11.5. The zero-order chi connectivity index (χ0) is 27.1. The van der Waals surface area contributed by atoms with Crippen molar-refractivity contribution in [3.8, 4) is 5.75 Å². The maximum atomic E-state index is 14.5. The highest BCUT2D eigenvalue weighted by molar-refractivity contribution is 6.11. The molecule has 198 valence electrons. The summed E-state index contributed by atoms with van der Waals surface area (Å²) in [4.78, 5) is 24.4. The lowest BCUT2D eigenvalue weighted by Gasteiger charge is -2.39. The van der Waals surface area contributed by atoms with Crippen molar-refractivity contribution < 1.29 is 22.7 Å². The normalized spacial score (nSPS) is 15.4. The van der Waals surface area contributed by atoms with Crippen molar-refractivity contribution in [3.05, 3.63) is 70.9 Å². The van der Waals surface area contributed by atoms with E-state index in [9.17, 15) is 18.0 Å². The van der Waals surface area contributed by atoms with Crippen LogP contribution in [0.2, 0.25) is 0 Å². The summed E-state index contributed by atoms with van der Waals surface area (Å²) >= 11 is 0. The smallest absolute Gasteiger partial charge is 0.318 e. The Morgan fingerprint density at radius 3 is 2.54 bits per heavy atom. The fourth-order valence-corrected chi connectivity index (χ4v) is 3.88. The lowest BCUT2D eigenvalue weighted by molar-refractivity contribution is 0.0408. The molecule has 4 N–H and O–H groups in total.